The van der Waals surface area contributed by atoms with Crippen LogP contribution in [0.15, 0.2) is 48.7 Å². The molecule has 32 heavy (non-hydrogen) atoms. The molecule has 2 fully saturated rings. The fourth-order valence-corrected chi connectivity index (χ4v) is 4.81. The number of nitrogens with two attached hydrogens (primary N) is 1. The van der Waals surface area contributed by atoms with Crippen LogP contribution in [0.3, 0.4) is 0 Å². The Morgan fingerprint density at radius 3 is 2.34 bits per heavy atom. The first-order valence-corrected chi connectivity index (χ1v) is 10.6. The van der Waals surface area contributed by atoms with E-state index in [9.17, 15) is 13.6 Å². The number of benzene rings is 2. The van der Waals surface area contributed by atoms with Crippen LogP contribution in [0.4, 0.5) is 23.2 Å². The average molecular weight is 447 g/mol. The molecule has 2 aromatic carbocycles. The number of rotatable bonds is 5. The molecule has 2 aliphatic rings. The first-order chi connectivity index (χ1) is 15.1. The van der Waals surface area contributed by atoms with Gasteiger partial charge < -0.3 is 16.0 Å². The Labute approximate surface area is 184 Å². The van der Waals surface area contributed by atoms with Crippen LogP contribution in [0.5, 0.6) is 0 Å². The highest BCUT2D eigenvalue weighted by Gasteiger charge is 2.48. The summed E-state index contributed by atoms with van der Waals surface area (Å²) in [5, 5.41) is 2.53. The van der Waals surface area contributed by atoms with Crippen molar-refractivity contribution in [2.24, 2.45) is 5.73 Å². The third-order valence-electron chi connectivity index (χ3n) is 6.43. The zero-order valence-corrected chi connectivity index (χ0v) is 17.7. The zero-order chi connectivity index (χ0) is 23.2. The van der Waals surface area contributed by atoms with Crippen molar-refractivity contribution in [2.45, 2.75) is 56.7 Å². The summed E-state index contributed by atoms with van der Waals surface area (Å²) in [5.41, 5.74) is 5.14. The van der Waals surface area contributed by atoms with Crippen LogP contribution in [0.2, 0.25) is 0 Å². The molecule has 0 aliphatic carbocycles. The van der Waals surface area contributed by atoms with Crippen LogP contribution in [0.25, 0.3) is 0 Å². The molecule has 3 atom stereocenters. The SMILES string of the molecule is C=C(N1[C@@H]2CC[C@H]1CC(N)C2)C(F)(F)c1cc(C(=O)Nc2ccc(F)c(C)c2)ccc1F. The molecule has 2 saturated heterocycles. The van der Waals surface area contributed by atoms with Crippen LogP contribution >= 0.6 is 0 Å². The first-order valence-electron chi connectivity index (χ1n) is 10.6. The van der Waals surface area contributed by atoms with Crippen molar-refractivity contribution < 1.29 is 22.4 Å². The van der Waals surface area contributed by atoms with Gasteiger partial charge in [0.2, 0.25) is 0 Å². The third kappa shape index (κ3) is 3.99. The van der Waals surface area contributed by atoms with Gasteiger partial charge in [-0.1, -0.05) is 6.58 Å². The Kier molecular flexibility index (Phi) is 5.75. The minimum absolute atomic E-state index is 0.0379. The normalized spacial score (nSPS) is 22.7. The maximum Gasteiger partial charge on any atom is 0.314 e. The number of nitrogens with one attached hydrogen (secondary N) is 1. The van der Waals surface area contributed by atoms with E-state index in [-0.39, 0.29) is 23.7 Å². The number of allylic oxidation sites excluding steroid dienone is 1. The van der Waals surface area contributed by atoms with Crippen molar-refractivity contribution in [3.8, 4) is 0 Å². The standard InChI is InChI=1S/C24H25F4N3O/c1-13-9-17(4-8-21(13)25)30-23(32)15-3-7-22(26)20(10-15)24(27,28)14(2)31-18-5-6-19(31)12-16(29)11-18/h3-4,7-10,16,18-19H,2,5-6,11-12,29H2,1H3,(H,30,32)/t16?,18-,19+. The number of alkyl halides is 2. The van der Waals surface area contributed by atoms with Crippen LogP contribution < -0.4 is 11.1 Å². The van der Waals surface area contributed by atoms with Crippen molar-refractivity contribution in [2.75, 3.05) is 5.32 Å². The molecule has 2 heterocycles. The second-order valence-corrected chi connectivity index (χ2v) is 8.66. The van der Waals surface area contributed by atoms with Gasteiger partial charge in [-0.15, -0.1) is 0 Å². The molecule has 2 bridgehead atoms. The maximum atomic E-state index is 15.4. The van der Waals surface area contributed by atoms with Gasteiger partial charge in [-0.05, 0) is 74.6 Å². The highest BCUT2D eigenvalue weighted by molar-refractivity contribution is 6.04. The summed E-state index contributed by atoms with van der Waals surface area (Å²) < 4.78 is 58.9. The van der Waals surface area contributed by atoms with Gasteiger partial charge in [0.25, 0.3) is 5.91 Å². The topological polar surface area (TPSA) is 58.4 Å². The highest BCUT2D eigenvalue weighted by atomic mass is 19.3. The van der Waals surface area contributed by atoms with E-state index >= 15 is 8.78 Å². The number of nitrogens with zero attached hydrogens (tertiary/aromatic N) is 1. The molecule has 170 valence electrons. The van der Waals surface area contributed by atoms with E-state index in [2.05, 4.69) is 11.9 Å². The summed E-state index contributed by atoms with van der Waals surface area (Å²) in [5.74, 6) is -5.96. The van der Waals surface area contributed by atoms with Gasteiger partial charge >= 0.3 is 5.92 Å². The molecular formula is C24H25F4N3O. The predicted molar refractivity (Wildman–Crippen MR) is 114 cm³/mol. The molecule has 0 radical (unpaired) electrons. The molecule has 2 aliphatic heterocycles. The fraction of sp³-hybridized carbons (Fsp3) is 0.375. The van der Waals surface area contributed by atoms with E-state index in [0.717, 1.165) is 31.0 Å². The molecule has 8 heteroatoms. The van der Waals surface area contributed by atoms with E-state index in [1.807, 2.05) is 0 Å². The Balaban J connectivity index is 1.59. The van der Waals surface area contributed by atoms with Crippen LogP contribution in [0.1, 0.15) is 47.2 Å². The average Bonchev–Trinajstić information content (AvgIpc) is 3.00. The molecule has 0 aromatic heterocycles. The number of fused-ring (bicyclic) bond motifs is 2. The molecule has 2 aromatic rings. The minimum atomic E-state index is -3.70. The van der Waals surface area contributed by atoms with E-state index < -0.39 is 34.7 Å². The van der Waals surface area contributed by atoms with Gasteiger partial charge in [0.15, 0.2) is 0 Å². The second-order valence-electron chi connectivity index (χ2n) is 8.66. The monoisotopic (exact) mass is 447 g/mol. The van der Waals surface area contributed by atoms with Gasteiger partial charge in [-0.25, -0.2) is 8.78 Å². The largest absolute Gasteiger partial charge is 0.364 e. The molecule has 1 unspecified atom stereocenters. The number of amides is 1. The number of carbonyl (C=O) groups is 1. The fourth-order valence-electron chi connectivity index (χ4n) is 4.81. The molecule has 4 rings (SSSR count). The lowest BCUT2D eigenvalue weighted by atomic mass is 9.94. The lowest BCUT2D eigenvalue weighted by Crippen LogP contribution is -2.49. The lowest BCUT2D eigenvalue weighted by Gasteiger charge is -2.42. The van der Waals surface area contributed by atoms with Crippen LogP contribution in [0, 0.1) is 18.6 Å². The number of hydrogen-bond donors (Lipinski definition) is 2. The number of hydrogen-bond acceptors (Lipinski definition) is 3. The second kappa shape index (κ2) is 8.24. The summed E-state index contributed by atoms with van der Waals surface area (Å²) in [6, 6.07) is 6.49. The van der Waals surface area contributed by atoms with E-state index in [4.69, 9.17) is 5.73 Å². The lowest BCUT2D eigenvalue weighted by molar-refractivity contribution is -0.0136. The van der Waals surface area contributed by atoms with E-state index in [0.29, 0.717) is 24.1 Å². The van der Waals surface area contributed by atoms with Crippen molar-refractivity contribution in [3.05, 3.63) is 77.0 Å². The predicted octanol–water partition coefficient (Wildman–Crippen LogP) is 5.09. The van der Waals surface area contributed by atoms with Gasteiger partial charge in [-0.3, -0.25) is 4.79 Å². The van der Waals surface area contributed by atoms with Gasteiger partial charge in [-0.2, -0.15) is 8.78 Å². The summed E-state index contributed by atoms with van der Waals surface area (Å²) in [6.07, 6.45) is 2.67. The smallest absolute Gasteiger partial charge is 0.314 e. The van der Waals surface area contributed by atoms with Crippen LogP contribution in [-0.2, 0) is 5.92 Å². The molecule has 3 N–H and O–H groups in total. The molecular weight excluding hydrogens is 422 g/mol. The van der Waals surface area contributed by atoms with Gasteiger partial charge in [0.1, 0.15) is 11.6 Å². The third-order valence-corrected chi connectivity index (χ3v) is 6.43. The summed E-state index contributed by atoms with van der Waals surface area (Å²) in [6.45, 7) is 5.16. The Hall–Kier alpha value is -2.87. The summed E-state index contributed by atoms with van der Waals surface area (Å²) in [4.78, 5) is 14.2. The van der Waals surface area contributed by atoms with Crippen LogP contribution in [-0.4, -0.2) is 28.9 Å². The summed E-state index contributed by atoms with van der Waals surface area (Å²) in [7, 11) is 0. The van der Waals surface area contributed by atoms with E-state index in [1.54, 1.807) is 4.90 Å². The van der Waals surface area contributed by atoms with Crippen molar-refractivity contribution in [1.82, 2.24) is 4.90 Å². The number of piperidine rings is 1. The van der Waals surface area contributed by atoms with Crippen molar-refractivity contribution >= 4 is 11.6 Å². The maximum absolute atomic E-state index is 15.4. The Morgan fingerprint density at radius 2 is 1.72 bits per heavy atom. The molecule has 4 nitrogen and oxygen atoms in total. The van der Waals surface area contributed by atoms with Crippen molar-refractivity contribution in [3.63, 3.8) is 0 Å². The minimum Gasteiger partial charge on any atom is -0.364 e. The Bertz CT molecular complexity index is 1060. The zero-order valence-electron chi connectivity index (χ0n) is 17.7. The molecule has 0 spiro atoms. The Morgan fingerprint density at radius 1 is 1.09 bits per heavy atom. The van der Waals surface area contributed by atoms with Gasteiger partial charge in [0.05, 0.1) is 11.3 Å². The first kappa shape index (κ1) is 22.3. The van der Waals surface area contributed by atoms with Crippen molar-refractivity contribution in [1.29, 1.82) is 0 Å². The number of anilines is 1. The number of halogens is 4. The molecule has 0 saturated carbocycles. The number of aryl methyl sites for hydroxylation is 1. The quantitative estimate of drug-likeness (QED) is 0.628. The summed E-state index contributed by atoms with van der Waals surface area (Å²) >= 11 is 0. The molecule has 1 amide bonds. The highest BCUT2D eigenvalue weighted by Crippen LogP contribution is 2.46. The number of carbonyl (C=O) groups excluding carboxylic acids is 1. The van der Waals surface area contributed by atoms with Gasteiger partial charge in [0, 0.05) is 29.4 Å². The van der Waals surface area contributed by atoms with E-state index in [1.165, 1.54) is 25.1 Å².